The van der Waals surface area contributed by atoms with Crippen LogP contribution < -0.4 is 4.72 Å². The fourth-order valence-electron chi connectivity index (χ4n) is 1.79. The van der Waals surface area contributed by atoms with E-state index >= 15 is 0 Å². The van der Waals surface area contributed by atoms with Crippen molar-refractivity contribution in [1.29, 1.82) is 0 Å². The van der Waals surface area contributed by atoms with Crippen LogP contribution in [0.15, 0.2) is 30.3 Å². The van der Waals surface area contributed by atoms with E-state index in [2.05, 4.69) is 20.7 Å². The lowest BCUT2D eigenvalue weighted by molar-refractivity contribution is 0.482. The van der Waals surface area contributed by atoms with Crippen molar-refractivity contribution in [2.45, 2.75) is 32.7 Å². The first-order valence-corrected chi connectivity index (χ1v) is 9.24. The number of nitrogens with one attached hydrogen (secondary N) is 1. The molecule has 1 N–H and O–H groups in total. The number of sulfonamides is 1. The minimum absolute atomic E-state index is 0.00910. The monoisotopic (exact) mass is 347 g/mol. The quantitative estimate of drug-likeness (QED) is 0.770. The van der Waals surface area contributed by atoms with Gasteiger partial charge in [0.15, 0.2) is 0 Å². The van der Waals surface area contributed by atoms with Gasteiger partial charge in [-0.1, -0.05) is 60.1 Å². The fourth-order valence-corrected chi connectivity index (χ4v) is 4.09. The molecule has 3 nitrogen and oxygen atoms in total. The maximum atomic E-state index is 12.1. The first kappa shape index (κ1) is 16.7. The summed E-state index contributed by atoms with van der Waals surface area (Å²) in [6, 6.07) is 9.66. The van der Waals surface area contributed by atoms with Gasteiger partial charge in [-0.25, -0.2) is 13.1 Å². The Balaban J connectivity index is 2.65. The topological polar surface area (TPSA) is 46.2 Å². The molecule has 3 unspecified atom stereocenters. The van der Waals surface area contributed by atoms with Crippen LogP contribution in [0, 0.1) is 5.92 Å². The van der Waals surface area contributed by atoms with Gasteiger partial charge in [0.2, 0.25) is 10.0 Å². The molecule has 5 heteroatoms. The highest BCUT2D eigenvalue weighted by molar-refractivity contribution is 9.09. The molecule has 0 aromatic heterocycles. The molecular formula is C14H22BrNO2S. The summed E-state index contributed by atoms with van der Waals surface area (Å²) >= 11 is 3.38. The van der Waals surface area contributed by atoms with Crippen molar-refractivity contribution in [3.63, 3.8) is 0 Å². The second kappa shape index (κ2) is 7.41. The van der Waals surface area contributed by atoms with Crippen LogP contribution in [0.3, 0.4) is 0 Å². The highest BCUT2D eigenvalue weighted by Gasteiger charge is 2.21. The van der Waals surface area contributed by atoms with Crippen LogP contribution >= 0.6 is 15.9 Å². The third-order valence-electron chi connectivity index (χ3n) is 3.30. The lowest BCUT2D eigenvalue weighted by Gasteiger charge is -2.21. The molecule has 0 heterocycles. The number of hydrogen-bond acceptors (Lipinski definition) is 2. The maximum Gasteiger partial charge on any atom is 0.212 e. The Bertz CT molecular complexity index is 475. The Hall–Kier alpha value is -0.390. The normalized spacial score (nSPS) is 16.8. The number of benzene rings is 1. The predicted octanol–water partition coefficient (Wildman–Crippen LogP) is 3.13. The molecule has 1 rings (SSSR count). The molecule has 0 aliphatic carbocycles. The molecule has 1 aromatic carbocycles. The fraction of sp³-hybridized carbons (Fsp3) is 0.571. The van der Waals surface area contributed by atoms with Crippen LogP contribution in [0.5, 0.6) is 0 Å². The number of alkyl halides is 1. The van der Waals surface area contributed by atoms with Crippen LogP contribution in [0.1, 0.15) is 32.3 Å². The maximum absolute atomic E-state index is 12.1. The van der Waals surface area contributed by atoms with E-state index in [1.54, 1.807) is 0 Å². The molecule has 108 valence electrons. The van der Waals surface area contributed by atoms with Crippen LogP contribution in [-0.4, -0.2) is 25.5 Å². The molecule has 19 heavy (non-hydrogen) atoms. The molecule has 0 aliphatic heterocycles. The minimum atomic E-state index is -3.25. The Kier molecular flexibility index (Phi) is 6.50. The summed E-state index contributed by atoms with van der Waals surface area (Å²) in [5.41, 5.74) is 1.05. The van der Waals surface area contributed by atoms with Crippen molar-refractivity contribution in [3.05, 3.63) is 35.9 Å². The lowest BCUT2D eigenvalue weighted by atomic mass is 10.0. The summed E-state index contributed by atoms with van der Waals surface area (Å²) in [4.78, 5) is 0. The van der Waals surface area contributed by atoms with E-state index in [4.69, 9.17) is 0 Å². The molecule has 0 radical (unpaired) electrons. The predicted molar refractivity (Wildman–Crippen MR) is 84.2 cm³/mol. The number of rotatable bonds is 7. The largest absolute Gasteiger partial charge is 0.212 e. The van der Waals surface area contributed by atoms with E-state index in [1.807, 2.05) is 51.1 Å². The summed E-state index contributed by atoms with van der Waals surface area (Å²) < 4.78 is 27.0. The molecule has 0 saturated carbocycles. The summed E-state index contributed by atoms with van der Waals surface area (Å²) in [7, 11) is -3.25. The molecule has 0 fully saturated rings. The molecule has 0 aliphatic rings. The zero-order valence-corrected chi connectivity index (χ0v) is 14.0. The third-order valence-corrected chi connectivity index (χ3v) is 5.99. The summed E-state index contributed by atoms with van der Waals surface area (Å²) in [6.07, 6.45) is 0. The zero-order valence-electron chi connectivity index (χ0n) is 11.6. The molecule has 3 atom stereocenters. The lowest BCUT2D eigenvalue weighted by Crippen LogP contribution is -2.39. The summed E-state index contributed by atoms with van der Waals surface area (Å²) in [5, 5.41) is 0.783. The standard InChI is InChI=1S/C14H22BrNO2S/c1-11(9-15)13(3)16-19(17,18)10-12(2)14-7-5-4-6-8-14/h4-8,11-13,16H,9-10H2,1-3H3. The van der Waals surface area contributed by atoms with Gasteiger partial charge in [0, 0.05) is 11.4 Å². The van der Waals surface area contributed by atoms with E-state index < -0.39 is 10.0 Å². The van der Waals surface area contributed by atoms with E-state index in [9.17, 15) is 8.42 Å². The first-order chi connectivity index (χ1) is 8.85. The molecule has 0 bridgehead atoms. The second-order valence-corrected chi connectivity index (χ2v) is 7.58. The van der Waals surface area contributed by atoms with Gasteiger partial charge in [-0.15, -0.1) is 0 Å². The smallest absolute Gasteiger partial charge is 0.212 e. The van der Waals surface area contributed by atoms with Gasteiger partial charge < -0.3 is 0 Å². The number of hydrogen-bond donors (Lipinski definition) is 1. The average molecular weight is 348 g/mol. The average Bonchev–Trinajstić information content (AvgIpc) is 2.37. The van der Waals surface area contributed by atoms with Gasteiger partial charge in [-0.05, 0) is 24.3 Å². The Morgan fingerprint density at radius 2 is 1.74 bits per heavy atom. The summed E-state index contributed by atoms with van der Waals surface area (Å²) in [6.45, 7) is 5.85. The van der Waals surface area contributed by atoms with Gasteiger partial charge in [-0.2, -0.15) is 0 Å². The SMILES string of the molecule is CC(CS(=O)(=O)NC(C)C(C)CBr)c1ccccc1. The van der Waals surface area contributed by atoms with E-state index in [0.717, 1.165) is 10.9 Å². The van der Waals surface area contributed by atoms with Crippen molar-refractivity contribution in [2.24, 2.45) is 5.92 Å². The van der Waals surface area contributed by atoms with Gasteiger partial charge in [0.1, 0.15) is 0 Å². The Labute approximate surface area is 125 Å². The van der Waals surface area contributed by atoms with Gasteiger partial charge >= 0.3 is 0 Å². The van der Waals surface area contributed by atoms with Crippen molar-refractivity contribution in [3.8, 4) is 0 Å². The molecule has 1 aromatic rings. The van der Waals surface area contributed by atoms with Crippen molar-refractivity contribution >= 4 is 26.0 Å². The van der Waals surface area contributed by atoms with Gasteiger partial charge in [-0.3, -0.25) is 0 Å². The highest BCUT2D eigenvalue weighted by Crippen LogP contribution is 2.17. The molecular weight excluding hydrogens is 326 g/mol. The van der Waals surface area contributed by atoms with Crippen LogP contribution in [0.25, 0.3) is 0 Å². The van der Waals surface area contributed by atoms with Crippen molar-refractivity contribution in [2.75, 3.05) is 11.1 Å². The zero-order chi connectivity index (χ0) is 14.5. The minimum Gasteiger partial charge on any atom is -0.212 e. The van der Waals surface area contributed by atoms with Crippen molar-refractivity contribution in [1.82, 2.24) is 4.72 Å². The van der Waals surface area contributed by atoms with Gasteiger partial charge in [0.25, 0.3) is 0 Å². The van der Waals surface area contributed by atoms with Gasteiger partial charge in [0.05, 0.1) is 5.75 Å². The van der Waals surface area contributed by atoms with Crippen molar-refractivity contribution < 1.29 is 8.42 Å². The van der Waals surface area contributed by atoms with E-state index in [0.29, 0.717) is 0 Å². The van der Waals surface area contributed by atoms with Crippen LogP contribution in [0.2, 0.25) is 0 Å². The molecule has 0 amide bonds. The van der Waals surface area contributed by atoms with E-state index in [1.165, 1.54) is 0 Å². The van der Waals surface area contributed by atoms with Crippen LogP contribution in [-0.2, 0) is 10.0 Å². The number of halogens is 1. The highest BCUT2D eigenvalue weighted by atomic mass is 79.9. The van der Waals surface area contributed by atoms with Crippen LogP contribution in [0.4, 0.5) is 0 Å². The first-order valence-electron chi connectivity index (χ1n) is 6.46. The molecule has 0 saturated heterocycles. The Morgan fingerprint density at radius 3 is 2.26 bits per heavy atom. The second-order valence-electron chi connectivity index (χ2n) is 5.13. The Morgan fingerprint density at radius 1 is 1.16 bits per heavy atom. The summed E-state index contributed by atoms with van der Waals surface area (Å²) in [5.74, 6) is 0.378. The third kappa shape index (κ3) is 5.63. The molecule has 0 spiro atoms. The van der Waals surface area contributed by atoms with E-state index in [-0.39, 0.29) is 23.6 Å².